The van der Waals surface area contributed by atoms with Gasteiger partial charge in [-0.2, -0.15) is 0 Å². The van der Waals surface area contributed by atoms with Crippen molar-refractivity contribution in [1.82, 2.24) is 4.90 Å². The van der Waals surface area contributed by atoms with Crippen molar-refractivity contribution in [1.29, 1.82) is 0 Å². The van der Waals surface area contributed by atoms with E-state index in [0.717, 1.165) is 12.0 Å². The third kappa shape index (κ3) is 3.38. The van der Waals surface area contributed by atoms with E-state index in [2.05, 4.69) is 0 Å². The second-order valence-electron chi connectivity index (χ2n) is 5.40. The number of hydrogen-bond donors (Lipinski definition) is 0. The number of ether oxygens (including phenoxy) is 1. The van der Waals surface area contributed by atoms with Crippen LogP contribution in [0.25, 0.3) is 0 Å². The van der Waals surface area contributed by atoms with Gasteiger partial charge < -0.3 is 4.74 Å². The average molecular weight is 275 g/mol. The summed E-state index contributed by atoms with van der Waals surface area (Å²) in [6.07, 6.45) is 1.48. The first-order chi connectivity index (χ1) is 9.61. The fraction of sp³-hybridized carbons (Fsp3) is 0.500. The third-order valence-electron chi connectivity index (χ3n) is 3.76. The Kier molecular flexibility index (Phi) is 4.77. The Labute approximate surface area is 119 Å². The maximum atomic E-state index is 12.3. The minimum atomic E-state index is -0.501. The van der Waals surface area contributed by atoms with Gasteiger partial charge in [0.05, 0.1) is 6.04 Å². The van der Waals surface area contributed by atoms with Gasteiger partial charge in [0.1, 0.15) is 6.61 Å². The topological polar surface area (TPSA) is 46.6 Å². The molecule has 0 N–H and O–H groups in total. The van der Waals surface area contributed by atoms with E-state index in [4.69, 9.17) is 4.74 Å². The second-order valence-corrected chi connectivity index (χ2v) is 5.40. The average Bonchev–Trinajstić information content (AvgIpc) is 2.80. The summed E-state index contributed by atoms with van der Waals surface area (Å²) in [6.45, 7) is 4.35. The summed E-state index contributed by atoms with van der Waals surface area (Å²) in [5.41, 5.74) is 1.11. The number of imide groups is 1. The molecule has 1 unspecified atom stereocenters. The van der Waals surface area contributed by atoms with Crippen molar-refractivity contribution < 1.29 is 14.3 Å². The zero-order valence-electron chi connectivity index (χ0n) is 12.0. The van der Waals surface area contributed by atoms with Crippen molar-refractivity contribution in [3.63, 3.8) is 0 Å². The molecule has 108 valence electrons. The third-order valence-corrected chi connectivity index (χ3v) is 3.76. The first-order valence-electron chi connectivity index (χ1n) is 7.14. The number of benzene rings is 1. The molecule has 0 aliphatic carbocycles. The highest BCUT2D eigenvalue weighted by Crippen LogP contribution is 2.20. The maximum Gasteiger partial charge on any atom is 0.416 e. The highest BCUT2D eigenvalue weighted by atomic mass is 16.6. The number of hydrogen-bond acceptors (Lipinski definition) is 3. The Morgan fingerprint density at radius 3 is 2.75 bits per heavy atom. The molecule has 4 nitrogen and oxygen atoms in total. The molecule has 1 heterocycles. The zero-order valence-corrected chi connectivity index (χ0v) is 12.0. The molecule has 0 bridgehead atoms. The fourth-order valence-electron chi connectivity index (χ4n) is 2.34. The van der Waals surface area contributed by atoms with E-state index in [1.54, 1.807) is 0 Å². The fourth-order valence-corrected chi connectivity index (χ4v) is 2.34. The zero-order chi connectivity index (χ0) is 14.5. The highest BCUT2D eigenvalue weighted by Gasteiger charge is 2.37. The second kappa shape index (κ2) is 6.55. The summed E-state index contributed by atoms with van der Waals surface area (Å²) in [5.74, 6) is 0.163. The molecular formula is C16H21NO3. The summed E-state index contributed by atoms with van der Waals surface area (Å²) >= 11 is 0. The van der Waals surface area contributed by atoms with Gasteiger partial charge in [-0.1, -0.05) is 50.6 Å². The van der Waals surface area contributed by atoms with Crippen LogP contribution in [0, 0.1) is 5.92 Å². The van der Waals surface area contributed by atoms with E-state index >= 15 is 0 Å². The molecule has 2 atom stereocenters. The van der Waals surface area contributed by atoms with Gasteiger partial charge in [0.25, 0.3) is 0 Å². The monoisotopic (exact) mass is 275 g/mol. The largest absolute Gasteiger partial charge is 0.447 e. The molecule has 1 aromatic carbocycles. The normalized spacial score (nSPS) is 19.8. The Balaban J connectivity index is 2.05. The van der Waals surface area contributed by atoms with Crippen LogP contribution in [0.3, 0.4) is 0 Å². The summed E-state index contributed by atoms with van der Waals surface area (Å²) in [7, 11) is 0. The minimum absolute atomic E-state index is 0.122. The highest BCUT2D eigenvalue weighted by molar-refractivity contribution is 5.93. The van der Waals surface area contributed by atoms with E-state index < -0.39 is 6.09 Å². The number of amides is 2. The molecule has 4 heteroatoms. The lowest BCUT2D eigenvalue weighted by Gasteiger charge is -2.21. The summed E-state index contributed by atoms with van der Waals surface area (Å²) in [4.78, 5) is 25.3. The Morgan fingerprint density at radius 2 is 2.10 bits per heavy atom. The lowest BCUT2D eigenvalue weighted by Crippen LogP contribution is -2.40. The Hall–Kier alpha value is -1.84. The van der Waals surface area contributed by atoms with Gasteiger partial charge >= 0.3 is 6.09 Å². The van der Waals surface area contributed by atoms with Crippen LogP contribution in [0.1, 0.15) is 32.3 Å². The SMILES string of the molecule is CCC(C)CC(=O)N1C(=O)OC[C@H]1Cc1ccccc1. The molecule has 0 radical (unpaired) electrons. The molecule has 1 saturated heterocycles. The van der Waals surface area contributed by atoms with Gasteiger partial charge in [-0.25, -0.2) is 9.69 Å². The molecule has 0 spiro atoms. The van der Waals surface area contributed by atoms with Crippen LogP contribution in [0.15, 0.2) is 30.3 Å². The summed E-state index contributed by atoms with van der Waals surface area (Å²) in [5, 5.41) is 0. The first kappa shape index (κ1) is 14.6. The molecule has 0 saturated carbocycles. The molecular weight excluding hydrogens is 254 g/mol. The van der Waals surface area contributed by atoms with Crippen molar-refractivity contribution in [2.24, 2.45) is 5.92 Å². The van der Waals surface area contributed by atoms with Crippen LogP contribution in [-0.4, -0.2) is 29.5 Å². The van der Waals surface area contributed by atoms with Gasteiger partial charge in [0.15, 0.2) is 0 Å². The van der Waals surface area contributed by atoms with Gasteiger partial charge in [-0.05, 0) is 17.9 Å². The van der Waals surface area contributed by atoms with Gasteiger partial charge in [-0.15, -0.1) is 0 Å². The Morgan fingerprint density at radius 1 is 1.40 bits per heavy atom. The molecule has 1 aromatic rings. The molecule has 1 aliphatic heterocycles. The lowest BCUT2D eigenvalue weighted by molar-refractivity contribution is -0.130. The lowest BCUT2D eigenvalue weighted by atomic mass is 10.0. The van der Waals surface area contributed by atoms with Crippen molar-refractivity contribution in [3.8, 4) is 0 Å². The van der Waals surface area contributed by atoms with E-state index in [9.17, 15) is 9.59 Å². The molecule has 0 aromatic heterocycles. The van der Waals surface area contributed by atoms with Crippen LogP contribution in [-0.2, 0) is 16.0 Å². The predicted octanol–water partition coefficient (Wildman–Crippen LogP) is 3.01. The molecule has 1 fully saturated rings. The van der Waals surface area contributed by atoms with E-state index in [-0.39, 0.29) is 17.9 Å². The van der Waals surface area contributed by atoms with Crippen molar-refractivity contribution in [2.75, 3.05) is 6.61 Å². The smallest absolute Gasteiger partial charge is 0.416 e. The van der Waals surface area contributed by atoms with Gasteiger partial charge in [0.2, 0.25) is 5.91 Å². The van der Waals surface area contributed by atoms with Crippen LogP contribution in [0.4, 0.5) is 4.79 Å². The number of rotatable bonds is 5. The molecule has 2 amide bonds. The van der Waals surface area contributed by atoms with E-state index in [1.807, 2.05) is 44.2 Å². The number of carbonyl (C=O) groups is 2. The minimum Gasteiger partial charge on any atom is -0.447 e. The quantitative estimate of drug-likeness (QED) is 0.830. The van der Waals surface area contributed by atoms with E-state index in [1.165, 1.54) is 4.90 Å². The van der Waals surface area contributed by atoms with Gasteiger partial charge in [-0.3, -0.25) is 4.79 Å². The standard InChI is InChI=1S/C16H21NO3/c1-3-12(2)9-15(18)17-14(11-20-16(17)19)10-13-7-5-4-6-8-13/h4-8,12,14H,3,9-11H2,1-2H3/t12?,14-/m1/s1. The van der Waals surface area contributed by atoms with Crippen molar-refractivity contribution >= 4 is 12.0 Å². The molecule has 2 rings (SSSR count). The van der Waals surface area contributed by atoms with Crippen LogP contribution in [0.5, 0.6) is 0 Å². The van der Waals surface area contributed by atoms with E-state index in [0.29, 0.717) is 19.4 Å². The van der Waals surface area contributed by atoms with Crippen molar-refractivity contribution in [2.45, 2.75) is 39.2 Å². The number of cyclic esters (lactones) is 1. The van der Waals surface area contributed by atoms with Crippen LogP contribution in [0.2, 0.25) is 0 Å². The first-order valence-corrected chi connectivity index (χ1v) is 7.14. The summed E-state index contributed by atoms with van der Waals surface area (Å²) in [6, 6.07) is 9.68. The summed E-state index contributed by atoms with van der Waals surface area (Å²) < 4.78 is 5.05. The maximum absolute atomic E-state index is 12.3. The van der Waals surface area contributed by atoms with Crippen LogP contribution < -0.4 is 0 Å². The number of carbonyl (C=O) groups excluding carboxylic acids is 2. The molecule has 1 aliphatic rings. The number of nitrogens with zero attached hydrogens (tertiary/aromatic N) is 1. The predicted molar refractivity (Wildman–Crippen MR) is 76.2 cm³/mol. The van der Waals surface area contributed by atoms with Crippen LogP contribution >= 0.6 is 0 Å². The van der Waals surface area contributed by atoms with Gasteiger partial charge in [0, 0.05) is 6.42 Å². The van der Waals surface area contributed by atoms with Crippen molar-refractivity contribution in [3.05, 3.63) is 35.9 Å². The molecule has 20 heavy (non-hydrogen) atoms. The Bertz CT molecular complexity index is 472.